The first-order chi connectivity index (χ1) is 9.65. The van der Waals surface area contributed by atoms with Crippen LogP contribution in [0, 0.1) is 5.92 Å². The van der Waals surface area contributed by atoms with E-state index >= 15 is 0 Å². The first-order valence-corrected chi connectivity index (χ1v) is 7.49. The van der Waals surface area contributed by atoms with Gasteiger partial charge in [-0.15, -0.1) is 0 Å². The molecule has 1 unspecified atom stereocenters. The van der Waals surface area contributed by atoms with Crippen molar-refractivity contribution in [1.82, 2.24) is 9.80 Å². The van der Waals surface area contributed by atoms with Crippen LogP contribution in [0.25, 0.3) is 0 Å². The van der Waals surface area contributed by atoms with Crippen LogP contribution in [0.5, 0.6) is 5.75 Å². The van der Waals surface area contributed by atoms with Gasteiger partial charge in [0.25, 0.3) is 0 Å². The summed E-state index contributed by atoms with van der Waals surface area (Å²) >= 11 is 0. The van der Waals surface area contributed by atoms with Gasteiger partial charge in [-0.3, -0.25) is 0 Å². The summed E-state index contributed by atoms with van der Waals surface area (Å²) in [6, 6.07) is 7.68. The van der Waals surface area contributed by atoms with Gasteiger partial charge in [0.1, 0.15) is 5.75 Å². The maximum Gasteiger partial charge on any atom is 0.142 e. The molecule has 4 nitrogen and oxygen atoms in total. The van der Waals surface area contributed by atoms with Crippen molar-refractivity contribution in [3.63, 3.8) is 0 Å². The Balaban J connectivity index is 1.60. The molecule has 1 aliphatic heterocycles. The summed E-state index contributed by atoms with van der Waals surface area (Å²) in [5, 5.41) is 0. The third kappa shape index (κ3) is 4.69. The normalized spacial score (nSPS) is 19.6. The lowest BCUT2D eigenvalue weighted by molar-refractivity contribution is 0.239. The summed E-state index contributed by atoms with van der Waals surface area (Å²) in [5.74, 6) is 1.63. The van der Waals surface area contributed by atoms with Crippen molar-refractivity contribution in [1.29, 1.82) is 0 Å². The summed E-state index contributed by atoms with van der Waals surface area (Å²) in [6.07, 6.45) is 2.37. The first kappa shape index (κ1) is 15.1. The van der Waals surface area contributed by atoms with Crippen molar-refractivity contribution in [3.05, 3.63) is 24.3 Å². The minimum absolute atomic E-state index is 0.717. The van der Waals surface area contributed by atoms with Gasteiger partial charge >= 0.3 is 0 Å². The van der Waals surface area contributed by atoms with Crippen LogP contribution in [0.15, 0.2) is 24.3 Å². The molecule has 1 aromatic rings. The molecule has 0 saturated carbocycles. The van der Waals surface area contributed by atoms with Crippen LogP contribution in [0.4, 0.5) is 5.69 Å². The van der Waals surface area contributed by atoms with Gasteiger partial charge in [-0.2, -0.15) is 0 Å². The molecule has 2 N–H and O–H groups in total. The van der Waals surface area contributed by atoms with Gasteiger partial charge in [0, 0.05) is 19.6 Å². The monoisotopic (exact) mass is 277 g/mol. The Kier molecular flexibility index (Phi) is 5.68. The van der Waals surface area contributed by atoms with Gasteiger partial charge in [-0.05, 0) is 51.5 Å². The van der Waals surface area contributed by atoms with Crippen molar-refractivity contribution >= 4 is 5.69 Å². The molecular formula is C16H27N3O. The molecule has 0 spiro atoms. The Labute approximate surface area is 122 Å². The molecule has 112 valence electrons. The highest BCUT2D eigenvalue weighted by Gasteiger charge is 2.20. The molecule has 1 aliphatic rings. The van der Waals surface area contributed by atoms with Crippen LogP contribution in [0.2, 0.25) is 0 Å². The van der Waals surface area contributed by atoms with Crippen molar-refractivity contribution in [2.75, 3.05) is 52.6 Å². The molecule has 1 fully saturated rings. The zero-order chi connectivity index (χ0) is 14.4. The Hall–Kier alpha value is -1.26. The standard InChI is InChI=1S/C16H27N3O/c1-18(12-14-8-10-19(2)13-14)9-5-11-20-16-7-4-3-6-15(16)17/h3-4,6-7,14H,5,8-13,17H2,1-2H3. The third-order valence-corrected chi connectivity index (χ3v) is 3.92. The fourth-order valence-corrected chi connectivity index (χ4v) is 2.84. The molecule has 0 aromatic heterocycles. The zero-order valence-corrected chi connectivity index (χ0v) is 12.7. The van der Waals surface area contributed by atoms with E-state index < -0.39 is 0 Å². The largest absolute Gasteiger partial charge is 0.491 e. The number of para-hydroxylation sites is 2. The molecule has 4 heteroatoms. The van der Waals surface area contributed by atoms with E-state index in [0.29, 0.717) is 0 Å². The molecule has 1 heterocycles. The molecule has 1 saturated heterocycles. The van der Waals surface area contributed by atoms with Crippen LogP contribution in [-0.2, 0) is 0 Å². The number of nitrogens with two attached hydrogens (primary N) is 1. The lowest BCUT2D eigenvalue weighted by atomic mass is 10.1. The molecule has 0 bridgehead atoms. The van der Waals surface area contributed by atoms with E-state index in [1.54, 1.807) is 0 Å². The molecule has 2 rings (SSSR count). The highest BCUT2D eigenvalue weighted by atomic mass is 16.5. The predicted octanol–water partition coefficient (Wildman–Crippen LogP) is 1.92. The van der Waals surface area contributed by atoms with E-state index in [-0.39, 0.29) is 0 Å². The number of anilines is 1. The van der Waals surface area contributed by atoms with E-state index in [1.807, 2.05) is 24.3 Å². The predicted molar refractivity (Wildman–Crippen MR) is 84.1 cm³/mol. The number of nitrogen functional groups attached to an aromatic ring is 1. The second kappa shape index (κ2) is 7.50. The van der Waals surface area contributed by atoms with Gasteiger partial charge in [0.15, 0.2) is 0 Å². The Bertz CT molecular complexity index is 410. The molecule has 20 heavy (non-hydrogen) atoms. The third-order valence-electron chi connectivity index (χ3n) is 3.92. The van der Waals surface area contributed by atoms with Crippen molar-refractivity contribution in [2.24, 2.45) is 5.92 Å². The van der Waals surface area contributed by atoms with Crippen molar-refractivity contribution < 1.29 is 4.74 Å². The zero-order valence-electron chi connectivity index (χ0n) is 12.7. The minimum Gasteiger partial charge on any atom is -0.491 e. The van der Waals surface area contributed by atoms with Crippen LogP contribution < -0.4 is 10.5 Å². The molecular weight excluding hydrogens is 250 g/mol. The highest BCUT2D eigenvalue weighted by Crippen LogP contribution is 2.20. The van der Waals surface area contributed by atoms with Crippen molar-refractivity contribution in [3.8, 4) is 5.75 Å². The molecule has 1 aromatic carbocycles. The average Bonchev–Trinajstić information content (AvgIpc) is 2.82. The van der Waals surface area contributed by atoms with E-state index in [9.17, 15) is 0 Å². The fourth-order valence-electron chi connectivity index (χ4n) is 2.84. The van der Waals surface area contributed by atoms with E-state index in [2.05, 4.69) is 23.9 Å². The number of nitrogens with zero attached hydrogens (tertiary/aromatic N) is 2. The lowest BCUT2D eigenvalue weighted by Crippen LogP contribution is -2.29. The second-order valence-electron chi connectivity index (χ2n) is 5.92. The minimum atomic E-state index is 0.717. The number of benzene rings is 1. The fraction of sp³-hybridized carbons (Fsp3) is 0.625. The number of ether oxygens (including phenoxy) is 1. The van der Waals surface area contributed by atoms with Crippen LogP contribution in [0.1, 0.15) is 12.8 Å². The molecule has 0 aliphatic carbocycles. The molecule has 0 radical (unpaired) electrons. The van der Waals surface area contributed by atoms with Crippen molar-refractivity contribution in [2.45, 2.75) is 12.8 Å². The highest BCUT2D eigenvalue weighted by molar-refractivity contribution is 5.51. The Morgan fingerprint density at radius 2 is 2.20 bits per heavy atom. The van der Waals surface area contributed by atoms with Gasteiger partial charge in [0.2, 0.25) is 0 Å². The summed E-state index contributed by atoms with van der Waals surface area (Å²) < 4.78 is 5.71. The van der Waals surface area contributed by atoms with Crippen LogP contribution in [-0.4, -0.2) is 56.7 Å². The summed E-state index contributed by atoms with van der Waals surface area (Å²) in [5.41, 5.74) is 6.56. The number of hydrogen-bond acceptors (Lipinski definition) is 4. The SMILES string of the molecule is CN(CCCOc1ccccc1N)CC1CCN(C)C1. The van der Waals surface area contributed by atoms with Crippen LogP contribution in [0.3, 0.4) is 0 Å². The number of hydrogen-bond donors (Lipinski definition) is 1. The van der Waals surface area contributed by atoms with Crippen LogP contribution >= 0.6 is 0 Å². The Morgan fingerprint density at radius 1 is 1.40 bits per heavy atom. The molecule has 0 amide bonds. The quantitative estimate of drug-likeness (QED) is 0.611. The molecule has 1 atom stereocenters. The topological polar surface area (TPSA) is 41.7 Å². The smallest absolute Gasteiger partial charge is 0.142 e. The maximum atomic E-state index is 5.84. The lowest BCUT2D eigenvalue weighted by Gasteiger charge is -2.21. The van der Waals surface area contributed by atoms with E-state index in [0.717, 1.165) is 36.9 Å². The van der Waals surface area contributed by atoms with Gasteiger partial charge < -0.3 is 20.3 Å². The van der Waals surface area contributed by atoms with Gasteiger partial charge in [-0.1, -0.05) is 12.1 Å². The second-order valence-corrected chi connectivity index (χ2v) is 5.92. The number of likely N-dealkylation sites (tertiary alicyclic amines) is 1. The Morgan fingerprint density at radius 3 is 2.90 bits per heavy atom. The van der Waals surface area contributed by atoms with Gasteiger partial charge in [0.05, 0.1) is 12.3 Å². The van der Waals surface area contributed by atoms with E-state index in [4.69, 9.17) is 10.5 Å². The van der Waals surface area contributed by atoms with E-state index in [1.165, 1.54) is 26.1 Å². The number of rotatable bonds is 7. The first-order valence-electron chi connectivity index (χ1n) is 7.49. The summed E-state index contributed by atoms with van der Waals surface area (Å²) in [7, 11) is 4.41. The summed E-state index contributed by atoms with van der Waals surface area (Å²) in [4.78, 5) is 4.83. The summed E-state index contributed by atoms with van der Waals surface area (Å²) in [6.45, 7) is 5.48. The average molecular weight is 277 g/mol. The van der Waals surface area contributed by atoms with Gasteiger partial charge in [-0.25, -0.2) is 0 Å². The maximum absolute atomic E-state index is 5.84.